The van der Waals surface area contributed by atoms with Gasteiger partial charge in [-0.2, -0.15) is 0 Å². The first-order chi connectivity index (χ1) is 11.7. The first-order valence-electron chi connectivity index (χ1n) is 7.28. The van der Waals surface area contributed by atoms with Gasteiger partial charge in [-0.15, -0.1) is 0 Å². The van der Waals surface area contributed by atoms with Gasteiger partial charge in [0.05, 0.1) is 17.4 Å². The van der Waals surface area contributed by atoms with E-state index in [1.807, 2.05) is 0 Å². The van der Waals surface area contributed by atoms with E-state index in [4.69, 9.17) is 0 Å². The molecule has 0 fully saturated rings. The monoisotopic (exact) mass is 417 g/mol. The lowest BCUT2D eigenvalue weighted by molar-refractivity contribution is -0.127. The second-order valence-corrected chi connectivity index (χ2v) is 7.20. The van der Waals surface area contributed by atoms with Crippen LogP contribution in [-0.4, -0.2) is 75.1 Å². The van der Waals surface area contributed by atoms with Crippen LogP contribution >= 0.6 is 15.9 Å². The van der Waals surface area contributed by atoms with Crippen LogP contribution in [0.1, 0.15) is 13.8 Å². The first-order valence-corrected chi connectivity index (χ1v) is 8.07. The van der Waals surface area contributed by atoms with Gasteiger partial charge in [-0.05, 0) is 13.8 Å². The Morgan fingerprint density at radius 1 is 1.00 bits per heavy atom. The average Bonchev–Trinajstić information content (AvgIpc) is 2.54. The van der Waals surface area contributed by atoms with Crippen molar-refractivity contribution in [1.29, 1.82) is 0 Å². The second-order valence-electron chi connectivity index (χ2n) is 5.21. The van der Waals surface area contributed by atoms with Gasteiger partial charge in [0.2, 0.25) is 23.6 Å². The molecule has 0 bridgehead atoms. The van der Waals surface area contributed by atoms with Crippen LogP contribution in [-0.2, 0) is 23.8 Å². The van der Waals surface area contributed by atoms with Crippen LogP contribution in [0.25, 0.3) is 0 Å². The number of alkyl halides is 1. The van der Waals surface area contributed by atoms with Crippen molar-refractivity contribution in [3.8, 4) is 0 Å². The Hall–Kier alpha value is -2.11. The maximum absolute atomic E-state index is 11.6. The third-order valence-corrected chi connectivity index (χ3v) is 2.90. The van der Waals surface area contributed by atoms with Gasteiger partial charge in [0.1, 0.15) is 6.54 Å². The van der Waals surface area contributed by atoms with E-state index in [0.717, 1.165) is 6.40 Å². The number of hydrogen-bond donors (Lipinski definition) is 4. The molecule has 2 radical (unpaired) electrons. The van der Waals surface area contributed by atoms with Gasteiger partial charge >= 0.3 is 8.05 Å². The predicted molar refractivity (Wildman–Crippen MR) is 95.2 cm³/mol. The highest BCUT2D eigenvalue weighted by molar-refractivity contribution is 9.10. The van der Waals surface area contributed by atoms with Crippen molar-refractivity contribution in [2.24, 2.45) is 4.99 Å². The first kappa shape index (κ1) is 22.9. The summed E-state index contributed by atoms with van der Waals surface area (Å²) in [7, 11) is 4.68. The molecular weight excluding hydrogens is 397 g/mol. The molecular formula is C13H21BBrN5O5. The molecule has 0 aliphatic carbocycles. The highest BCUT2D eigenvalue weighted by atomic mass is 79.9. The Labute approximate surface area is 155 Å². The zero-order valence-electron chi connectivity index (χ0n) is 14.1. The minimum absolute atomic E-state index is 0.201. The summed E-state index contributed by atoms with van der Waals surface area (Å²) in [6.07, 6.45) is 0.894. The van der Waals surface area contributed by atoms with Gasteiger partial charge < -0.3 is 25.9 Å². The summed E-state index contributed by atoms with van der Waals surface area (Å²) in [6, 6.07) is 0. The van der Waals surface area contributed by atoms with Crippen molar-refractivity contribution in [1.82, 2.24) is 21.3 Å². The summed E-state index contributed by atoms with van der Waals surface area (Å²) in [5, 5.41) is 9.80. The molecule has 0 atom stereocenters. The fraction of sp³-hybridized carbons (Fsp3) is 0.615. The van der Waals surface area contributed by atoms with Gasteiger partial charge in [-0.25, -0.2) is 0 Å². The summed E-state index contributed by atoms with van der Waals surface area (Å²) in [6.45, 7) is 3.12. The summed E-state index contributed by atoms with van der Waals surface area (Å²) in [4.78, 5) is 49.3. The van der Waals surface area contributed by atoms with E-state index in [9.17, 15) is 19.2 Å². The van der Waals surface area contributed by atoms with E-state index < -0.39 is 22.0 Å². The lowest BCUT2D eigenvalue weighted by atomic mass is 10.2. The highest BCUT2D eigenvalue weighted by Gasteiger charge is 2.22. The number of amides is 4. The molecule has 0 heterocycles. The Balaban J connectivity index is 3.77. The smallest absolute Gasteiger partial charge is 0.375 e. The van der Waals surface area contributed by atoms with Crippen LogP contribution in [0.5, 0.6) is 0 Å². The van der Waals surface area contributed by atoms with Crippen molar-refractivity contribution in [3.05, 3.63) is 0 Å². The molecule has 0 unspecified atom stereocenters. The number of hydrogen-bond acceptors (Lipinski definition) is 6. The number of rotatable bonds is 11. The van der Waals surface area contributed by atoms with Crippen molar-refractivity contribution in [3.63, 3.8) is 0 Å². The quantitative estimate of drug-likeness (QED) is 0.0989. The van der Waals surface area contributed by atoms with Crippen molar-refractivity contribution in [2.75, 3.05) is 32.7 Å². The molecule has 4 amide bonds. The molecule has 25 heavy (non-hydrogen) atoms. The fourth-order valence-corrected chi connectivity index (χ4v) is 1.43. The van der Waals surface area contributed by atoms with E-state index in [-0.39, 0.29) is 38.6 Å². The number of carbonyl (C=O) groups is 4. The van der Waals surface area contributed by atoms with Crippen LogP contribution in [0.15, 0.2) is 4.99 Å². The topological polar surface area (TPSA) is 138 Å². The van der Waals surface area contributed by atoms with E-state index in [2.05, 4.69) is 54.9 Å². The van der Waals surface area contributed by atoms with Gasteiger partial charge in [0, 0.05) is 13.1 Å². The van der Waals surface area contributed by atoms with Crippen molar-refractivity contribution < 1.29 is 23.8 Å². The molecule has 0 aliphatic rings. The van der Waals surface area contributed by atoms with E-state index in [0.29, 0.717) is 0 Å². The molecule has 0 aliphatic heterocycles. The predicted octanol–water partition coefficient (Wildman–Crippen LogP) is -2.25. The summed E-state index contributed by atoms with van der Waals surface area (Å²) in [5.41, 5.74) is 0. The molecule has 0 rings (SSSR count). The molecule has 12 heteroatoms. The lowest BCUT2D eigenvalue weighted by Gasteiger charge is -2.15. The van der Waals surface area contributed by atoms with Gasteiger partial charge in [0.25, 0.3) is 0 Å². The van der Waals surface area contributed by atoms with Crippen LogP contribution in [0, 0.1) is 0 Å². The van der Waals surface area contributed by atoms with E-state index >= 15 is 0 Å². The summed E-state index contributed by atoms with van der Waals surface area (Å²) >= 11 is 3.21. The van der Waals surface area contributed by atoms with Gasteiger partial charge in [-0.1, -0.05) is 15.9 Å². The summed E-state index contributed by atoms with van der Waals surface area (Å²) < 4.78 is 3.35. The highest BCUT2D eigenvalue weighted by Crippen LogP contribution is 2.14. The molecule has 0 aromatic rings. The molecule has 138 valence electrons. The number of nitrogens with zero attached hydrogens (tertiary/aromatic N) is 1. The van der Waals surface area contributed by atoms with E-state index in [1.165, 1.54) is 0 Å². The molecule has 0 saturated heterocycles. The van der Waals surface area contributed by atoms with Gasteiger partial charge in [-0.3, -0.25) is 24.2 Å². The lowest BCUT2D eigenvalue weighted by Crippen LogP contribution is -2.45. The maximum Gasteiger partial charge on any atom is 0.375 e. The summed E-state index contributed by atoms with van der Waals surface area (Å²) in [5.74, 6) is -1.65. The fourth-order valence-electron chi connectivity index (χ4n) is 1.29. The van der Waals surface area contributed by atoms with Crippen LogP contribution in [0.3, 0.4) is 0 Å². The van der Waals surface area contributed by atoms with Gasteiger partial charge in [0.15, 0.2) is 6.40 Å². The Morgan fingerprint density at radius 2 is 1.52 bits per heavy atom. The molecule has 0 spiro atoms. The van der Waals surface area contributed by atoms with Crippen LogP contribution in [0.2, 0.25) is 0 Å². The molecule has 4 N–H and O–H groups in total. The minimum Gasteiger partial charge on any atom is -0.560 e. The minimum atomic E-state index is -0.682. The van der Waals surface area contributed by atoms with Crippen LogP contribution < -0.4 is 21.3 Å². The number of aliphatic imine (C=N–C) groups is 1. The maximum atomic E-state index is 11.6. The second kappa shape index (κ2) is 12.3. The molecule has 0 aromatic heterocycles. The van der Waals surface area contributed by atoms with E-state index in [1.54, 1.807) is 13.8 Å². The molecule has 10 nitrogen and oxygen atoms in total. The Kier molecular flexibility index (Phi) is 11.3. The number of halogens is 1. The molecule has 0 saturated carbocycles. The zero-order chi connectivity index (χ0) is 19.3. The number of carbonyl (C=O) groups excluding carboxylic acids is 4. The van der Waals surface area contributed by atoms with Crippen molar-refractivity contribution in [2.45, 2.75) is 18.2 Å². The van der Waals surface area contributed by atoms with Crippen LogP contribution in [0.4, 0.5) is 0 Å². The zero-order valence-corrected chi connectivity index (χ0v) is 15.6. The van der Waals surface area contributed by atoms with Crippen molar-refractivity contribution >= 4 is 54.0 Å². The Morgan fingerprint density at radius 3 is 2.08 bits per heavy atom. The largest absolute Gasteiger partial charge is 0.560 e. The average molecular weight is 418 g/mol. The number of nitrogens with one attached hydrogen (secondary N) is 4. The standard InChI is InChI=1S/C13H21BBrN5O5/c1-13(2,15)12(24)18-4-3-17-10(22)6-20-11(23)7-19-9(21)5-16-8-25-14/h8H,3-7H2,1-2H3,(H,17,22)(H,18,24)(H,19,21)(H,20,23). The normalized spacial score (nSPS) is 10.8. The molecule has 0 aromatic carbocycles. The third kappa shape index (κ3) is 12.9. The Bertz CT molecular complexity index is 510. The SMILES string of the molecule is [B]OC=NCC(=O)NCC(=O)NCC(=O)NCCNC(=O)C(C)(C)Br. The third-order valence-electron chi connectivity index (χ3n) is 2.54.